The number of ether oxygens (including phenoxy) is 3. The number of aliphatic hydroxyl groups is 1. The first-order valence-corrected chi connectivity index (χ1v) is 15.7. The summed E-state index contributed by atoms with van der Waals surface area (Å²) in [5.74, 6) is 0.976. The van der Waals surface area contributed by atoms with Gasteiger partial charge in [0.05, 0.1) is 25.4 Å². The van der Waals surface area contributed by atoms with Crippen molar-refractivity contribution in [3.05, 3.63) is 80.3 Å². The predicted octanol–water partition coefficient (Wildman–Crippen LogP) is 9.13. The summed E-state index contributed by atoms with van der Waals surface area (Å²) < 4.78 is 15.1. The van der Waals surface area contributed by atoms with Gasteiger partial charge in [-0.05, 0) is 98.3 Å². The van der Waals surface area contributed by atoms with E-state index in [0.29, 0.717) is 34.8 Å². The van der Waals surface area contributed by atoms with Crippen LogP contribution in [0.4, 0.5) is 0 Å². The quantitative estimate of drug-likeness (QED) is 0.329. The first-order chi connectivity index (χ1) is 20.7. The molecule has 1 N–H and O–H groups in total. The second-order valence-electron chi connectivity index (χ2n) is 13.2. The Hall–Kier alpha value is -3.36. The minimum absolute atomic E-state index is 0.0387. The molecule has 2 aliphatic rings. The molecule has 6 nitrogen and oxygen atoms in total. The molecule has 8 heteroatoms. The first-order valence-electron chi connectivity index (χ1n) is 14.9. The molecule has 0 atom stereocenters. The maximum absolute atomic E-state index is 12.6. The molecule has 2 aromatic rings. The van der Waals surface area contributed by atoms with Gasteiger partial charge in [0, 0.05) is 42.8 Å². The van der Waals surface area contributed by atoms with E-state index in [1.165, 1.54) is 18.2 Å². The number of hydrogen-bond acceptors (Lipinski definition) is 8. The van der Waals surface area contributed by atoms with E-state index in [1.54, 1.807) is 14.0 Å². The maximum Gasteiger partial charge on any atom is 0.357 e. The number of methoxy groups -OCH3 is 2. The van der Waals surface area contributed by atoms with Crippen LogP contribution in [0.25, 0.3) is 11.1 Å². The van der Waals surface area contributed by atoms with Crippen molar-refractivity contribution in [2.45, 2.75) is 89.0 Å². The average Bonchev–Trinajstić information content (AvgIpc) is 3.28. The lowest BCUT2D eigenvalue weighted by Crippen LogP contribution is -2.16. The van der Waals surface area contributed by atoms with E-state index in [9.17, 15) is 14.7 Å². The van der Waals surface area contributed by atoms with Crippen LogP contribution in [0, 0.1) is 52.4 Å². The number of aliphatic hydroxyl groups excluding tert-OH is 1. The van der Waals surface area contributed by atoms with Crippen molar-refractivity contribution >= 4 is 57.4 Å². The number of hydrogen-bond donors (Lipinski definition) is 1. The molecule has 0 bridgehead atoms. The third-order valence-corrected chi connectivity index (χ3v) is 8.76. The molecule has 0 amide bonds. The van der Waals surface area contributed by atoms with Crippen molar-refractivity contribution in [2.24, 2.45) is 10.8 Å². The number of thiocarbonyl (C=S) groups is 2. The minimum Gasteiger partial charge on any atom is -0.511 e. The van der Waals surface area contributed by atoms with E-state index >= 15 is 0 Å². The molecule has 2 aromatic carbocycles. The van der Waals surface area contributed by atoms with Gasteiger partial charge in [-0.15, -0.1) is 0 Å². The van der Waals surface area contributed by atoms with E-state index in [2.05, 4.69) is 49.0 Å². The second kappa shape index (κ2) is 14.8. The van der Waals surface area contributed by atoms with Gasteiger partial charge in [-0.2, -0.15) is 0 Å². The summed E-state index contributed by atoms with van der Waals surface area (Å²) in [5, 5.41) is 10.9. The SMILES string of the molecule is COC(=S)OC1=C(c2cc(C)c(C)cc2C)C(=O)CC1(C)C.COC(C)=S.Cc1cc(C)c(C2=C(O)C(C)(C)CC2=O)cc1C. The third kappa shape index (κ3) is 8.88. The lowest BCUT2D eigenvalue weighted by atomic mass is 9.91. The molecule has 0 fully saturated rings. The van der Waals surface area contributed by atoms with Gasteiger partial charge in [0.15, 0.2) is 16.6 Å². The summed E-state index contributed by atoms with van der Waals surface area (Å²) in [6.45, 7) is 21.7. The van der Waals surface area contributed by atoms with E-state index in [0.717, 1.165) is 33.4 Å². The lowest BCUT2D eigenvalue weighted by molar-refractivity contribution is -0.115. The highest BCUT2D eigenvalue weighted by molar-refractivity contribution is 7.80. The Morgan fingerprint density at radius 2 is 1.04 bits per heavy atom. The Morgan fingerprint density at radius 3 is 1.42 bits per heavy atom. The molecule has 4 rings (SSSR count). The summed E-state index contributed by atoms with van der Waals surface area (Å²) in [7, 11) is 3.02. The first kappa shape index (κ1) is 37.8. The molecule has 0 radical (unpaired) electrons. The van der Waals surface area contributed by atoms with Crippen LogP contribution >= 0.6 is 24.4 Å². The summed E-state index contributed by atoms with van der Waals surface area (Å²) in [6.07, 6.45) is 0.802. The van der Waals surface area contributed by atoms with Crippen LogP contribution in [0.1, 0.15) is 92.0 Å². The fourth-order valence-corrected chi connectivity index (χ4v) is 5.49. The number of rotatable bonds is 3. The van der Waals surface area contributed by atoms with Crippen molar-refractivity contribution < 1.29 is 28.9 Å². The summed E-state index contributed by atoms with van der Waals surface area (Å²) in [6, 6.07) is 8.24. The molecular weight excluding hydrogens is 605 g/mol. The van der Waals surface area contributed by atoms with Gasteiger partial charge in [0.1, 0.15) is 11.5 Å². The number of aryl methyl sites for hydroxylation is 6. The zero-order valence-corrected chi connectivity index (χ0v) is 30.7. The number of benzene rings is 2. The highest BCUT2D eigenvalue weighted by Gasteiger charge is 2.42. The summed E-state index contributed by atoms with van der Waals surface area (Å²) in [5.41, 5.74) is 8.96. The topological polar surface area (TPSA) is 82.1 Å². The highest BCUT2D eigenvalue weighted by atomic mass is 32.1. The van der Waals surface area contributed by atoms with Gasteiger partial charge in [-0.1, -0.05) is 52.0 Å². The van der Waals surface area contributed by atoms with E-state index in [-0.39, 0.29) is 28.0 Å². The summed E-state index contributed by atoms with van der Waals surface area (Å²) >= 11 is 9.50. The fraction of sp³-hybridized carbons (Fsp3) is 0.459. The lowest BCUT2D eigenvalue weighted by Gasteiger charge is -2.22. The van der Waals surface area contributed by atoms with Crippen molar-refractivity contribution in [1.82, 2.24) is 0 Å². The van der Waals surface area contributed by atoms with E-state index in [4.69, 9.17) is 21.7 Å². The molecule has 0 spiro atoms. The Labute approximate surface area is 279 Å². The van der Waals surface area contributed by atoms with Crippen molar-refractivity contribution in [3.8, 4) is 0 Å². The molecule has 0 aliphatic heterocycles. The van der Waals surface area contributed by atoms with Gasteiger partial charge in [-0.3, -0.25) is 9.59 Å². The average molecular weight is 653 g/mol. The number of allylic oxidation sites excluding steroid dienone is 4. The Morgan fingerprint density at radius 1 is 0.667 bits per heavy atom. The minimum atomic E-state index is -0.433. The van der Waals surface area contributed by atoms with Crippen molar-refractivity contribution in [2.75, 3.05) is 14.2 Å². The number of Topliss-reactive ketones (excluding diaryl/α,β-unsaturated/α-hetero) is 2. The van der Waals surface area contributed by atoms with Crippen LogP contribution in [0.2, 0.25) is 0 Å². The van der Waals surface area contributed by atoms with Crippen LogP contribution in [0.3, 0.4) is 0 Å². The fourth-order valence-electron chi connectivity index (χ4n) is 5.40. The molecule has 0 aromatic heterocycles. The van der Waals surface area contributed by atoms with Crippen LogP contribution in [0.5, 0.6) is 0 Å². The molecule has 0 saturated carbocycles. The van der Waals surface area contributed by atoms with Crippen LogP contribution in [0.15, 0.2) is 35.8 Å². The van der Waals surface area contributed by atoms with Crippen molar-refractivity contribution in [3.63, 3.8) is 0 Å². The molecule has 0 heterocycles. The zero-order chi connectivity index (χ0) is 34.6. The van der Waals surface area contributed by atoms with Gasteiger partial charge in [-0.25, -0.2) is 0 Å². The Kier molecular flexibility index (Phi) is 12.5. The van der Waals surface area contributed by atoms with Gasteiger partial charge in [0.25, 0.3) is 0 Å². The normalized spacial score (nSPS) is 16.5. The standard InChI is InChI=1S/C18H22O3S.C16H20O2.C3H6OS/c1-10-7-12(3)13(8-11(10)2)15-14(19)9-18(4,5)16(15)21-17(22)20-6;1-9-6-11(3)12(7-10(9)2)14-13(17)8-16(4,5)15(14)18;1-3(5)4-2/h7-8H,9H2,1-6H3;6-7,18H,8H2,1-5H3;1-2H3. The van der Waals surface area contributed by atoms with Gasteiger partial charge in [0.2, 0.25) is 0 Å². The Bertz CT molecular complexity index is 1590. The maximum atomic E-state index is 12.6. The van der Waals surface area contributed by atoms with E-state index in [1.807, 2.05) is 61.5 Å². The molecule has 2 aliphatic carbocycles. The van der Waals surface area contributed by atoms with Gasteiger partial charge < -0.3 is 19.3 Å². The summed E-state index contributed by atoms with van der Waals surface area (Å²) in [4.78, 5) is 24.7. The third-order valence-electron chi connectivity index (χ3n) is 8.34. The monoisotopic (exact) mass is 652 g/mol. The molecule has 244 valence electrons. The zero-order valence-electron chi connectivity index (χ0n) is 29.0. The largest absolute Gasteiger partial charge is 0.511 e. The molecule has 45 heavy (non-hydrogen) atoms. The number of carbonyl (C=O) groups is 2. The molecular formula is C37H48O6S2. The van der Waals surface area contributed by atoms with E-state index < -0.39 is 5.41 Å². The van der Waals surface area contributed by atoms with Crippen LogP contribution in [-0.4, -0.2) is 41.2 Å². The van der Waals surface area contributed by atoms with Crippen molar-refractivity contribution in [1.29, 1.82) is 0 Å². The predicted molar refractivity (Wildman–Crippen MR) is 191 cm³/mol. The number of carbonyl (C=O) groups excluding carboxylic acids is 2. The molecule has 0 unspecified atom stereocenters. The van der Waals surface area contributed by atoms with Gasteiger partial charge >= 0.3 is 5.24 Å². The molecule has 0 saturated heterocycles. The smallest absolute Gasteiger partial charge is 0.357 e. The number of ketones is 2. The Balaban J connectivity index is 0.000000277. The van der Waals surface area contributed by atoms with Crippen LogP contribution in [-0.2, 0) is 23.8 Å². The van der Waals surface area contributed by atoms with Crippen LogP contribution < -0.4 is 0 Å². The highest BCUT2D eigenvalue weighted by Crippen LogP contribution is 2.46. The second-order valence-corrected chi connectivity index (χ2v) is 14.1.